The molecule has 3 saturated heterocycles. The fourth-order valence-electron chi connectivity index (χ4n) is 10.8. The molecule has 1 amide bonds. The molecule has 11 rings (SSSR count). The number of tetrazole rings is 2. The first kappa shape index (κ1) is 63.9. The standard InChI is InChI=1S/C28H28ClN5O.C19H20ClN5.C9H9ClO.C6H15N.C4H8O/c29-25-14-11-23(12-15-25)21-34-27(30-31-32-34)28(24-9-5-2-6-10-24)17-19-33(20-18-28)26(35)16-13-22-7-3-1-4-8-22;20-17-8-6-15(7-9-17)14-25-18(22-23-24-25)19(10-12-21-13-11-19)16-4-2-1-3-5-16;10-9(11)7-6-8-4-2-1-3-5-8;1-4-7(5-2)6-3;1-2-4-5-3-1/h1-12,14-15H,13,16-21H2;1-9,21H,10-14H2;1-5H,6-7H2;4-6H2,1-3H3;1-4H2/p+2. The summed E-state index contributed by atoms with van der Waals surface area (Å²) >= 11 is 17.3. The second-order valence-electron chi connectivity index (χ2n) is 21.0. The normalized spacial score (nSPS) is 15.0. The third-order valence-electron chi connectivity index (χ3n) is 15.7. The molecule has 438 valence electrons. The zero-order valence-corrected chi connectivity index (χ0v) is 50.7. The van der Waals surface area contributed by atoms with E-state index in [4.69, 9.17) is 39.5 Å². The van der Waals surface area contributed by atoms with Gasteiger partial charge in [0.25, 0.3) is 0 Å². The zero-order chi connectivity index (χ0) is 58.5. The number of ether oxygens (including phenoxy) is 1. The number of hydrogen-bond acceptors (Lipinski definition) is 9. The van der Waals surface area contributed by atoms with Crippen LogP contribution in [0.2, 0.25) is 10.0 Å². The summed E-state index contributed by atoms with van der Waals surface area (Å²) in [4.78, 5) is 27.8. The van der Waals surface area contributed by atoms with Crippen molar-refractivity contribution in [3.8, 4) is 0 Å². The summed E-state index contributed by atoms with van der Waals surface area (Å²) in [5, 5.41) is 28.2. The highest BCUT2D eigenvalue weighted by molar-refractivity contribution is 6.63. The van der Waals surface area contributed by atoms with E-state index in [-0.39, 0.29) is 22.0 Å². The number of hydrogen-bond donors (Lipinski definition) is 3. The van der Waals surface area contributed by atoms with Gasteiger partial charge >= 0.3 is 11.6 Å². The van der Waals surface area contributed by atoms with Gasteiger partial charge in [-0.05, 0) is 153 Å². The minimum atomic E-state index is -0.323. The Morgan fingerprint density at radius 3 is 1.31 bits per heavy atom. The van der Waals surface area contributed by atoms with Gasteiger partial charge in [0, 0.05) is 49.2 Å². The number of amides is 1. The van der Waals surface area contributed by atoms with Gasteiger partial charge in [0.05, 0.1) is 10.8 Å². The second-order valence-corrected chi connectivity index (χ2v) is 22.3. The third kappa shape index (κ3) is 19.5. The molecule has 14 nitrogen and oxygen atoms in total. The average molecular weight is 1180 g/mol. The van der Waals surface area contributed by atoms with Gasteiger partial charge in [-0.25, -0.2) is 0 Å². The Hall–Kier alpha value is -6.65. The molecule has 0 bridgehead atoms. The van der Waals surface area contributed by atoms with Gasteiger partial charge in [-0.3, -0.25) is 9.59 Å². The number of H-pyrrole nitrogens is 2. The Bertz CT molecular complexity index is 3060. The van der Waals surface area contributed by atoms with Crippen molar-refractivity contribution in [3.05, 3.63) is 225 Å². The largest absolute Gasteiger partial charge is 0.381 e. The molecule has 3 aliphatic rings. The number of piperidine rings is 2. The molecule has 0 saturated carbocycles. The quantitative estimate of drug-likeness (QED) is 0.0597. The second kappa shape index (κ2) is 34.2. The maximum Gasteiger partial charge on any atom is 0.311 e. The average Bonchev–Trinajstić information content (AvgIpc) is 4.45. The van der Waals surface area contributed by atoms with Gasteiger partial charge in [0.2, 0.25) is 11.1 Å². The molecular formula is C66H82Cl3N11O3+2. The van der Waals surface area contributed by atoms with E-state index in [2.05, 4.69) is 133 Å². The smallest absolute Gasteiger partial charge is 0.311 e. The number of aromatic amines is 2. The predicted molar refractivity (Wildman–Crippen MR) is 331 cm³/mol. The lowest BCUT2D eigenvalue weighted by atomic mass is 9.72. The fraction of sp³-hybridized carbons (Fsp3) is 0.394. The zero-order valence-electron chi connectivity index (χ0n) is 48.5. The molecule has 6 aromatic carbocycles. The highest BCUT2D eigenvalue weighted by Gasteiger charge is 2.48. The minimum absolute atomic E-state index is 0.119. The SMILES string of the molecule is C1CCOC1.CCN(CC)CC.Clc1ccc(C[n+]2[nH]nnc2C2(c3ccccc3)CCNCC2)cc1.O=C(CCc1ccccc1)N1CCC(c2ccccc2)(c2nn[nH][n+]2Cc2ccc(Cl)cc2)CC1.O=C(Cl)CCc1ccccc1. The van der Waals surface area contributed by atoms with Crippen molar-refractivity contribution in [2.75, 3.05) is 59.0 Å². The van der Waals surface area contributed by atoms with Crippen LogP contribution in [0, 0.1) is 0 Å². The molecule has 0 spiro atoms. The van der Waals surface area contributed by atoms with Crippen LogP contribution < -0.4 is 14.7 Å². The summed E-state index contributed by atoms with van der Waals surface area (Å²) in [6, 6.07) is 56.9. The van der Waals surface area contributed by atoms with Gasteiger partial charge in [0.15, 0.2) is 10.4 Å². The summed E-state index contributed by atoms with van der Waals surface area (Å²) in [5.41, 5.74) is 6.69. The number of benzene rings is 6. The monoisotopic (exact) mass is 1180 g/mol. The number of carbonyl (C=O) groups is 2. The number of likely N-dealkylation sites (tertiary alicyclic amines) is 1. The molecular weight excluding hydrogens is 1100 g/mol. The van der Waals surface area contributed by atoms with Gasteiger partial charge < -0.3 is 19.9 Å². The van der Waals surface area contributed by atoms with Crippen LogP contribution in [-0.4, -0.2) is 111 Å². The predicted octanol–water partition coefficient (Wildman–Crippen LogP) is 11.3. The van der Waals surface area contributed by atoms with Gasteiger partial charge in [-0.15, -0.1) is 0 Å². The van der Waals surface area contributed by atoms with Crippen molar-refractivity contribution in [1.82, 2.24) is 46.2 Å². The maximum atomic E-state index is 13.0. The molecule has 8 aromatic rings. The van der Waals surface area contributed by atoms with Crippen molar-refractivity contribution < 1.29 is 23.7 Å². The Balaban J connectivity index is 0.000000177. The first-order valence-electron chi connectivity index (χ1n) is 29.3. The molecule has 3 fully saturated rings. The van der Waals surface area contributed by atoms with Gasteiger partial charge in [-0.2, -0.15) is 9.36 Å². The Morgan fingerprint density at radius 2 is 0.940 bits per heavy atom. The number of rotatable bonds is 17. The molecule has 3 N–H and O–H groups in total. The highest BCUT2D eigenvalue weighted by atomic mass is 35.5. The number of carbonyl (C=O) groups excluding carboxylic acids is 2. The number of aromatic nitrogens is 8. The van der Waals surface area contributed by atoms with E-state index in [1.807, 2.05) is 113 Å². The Morgan fingerprint density at radius 1 is 0.542 bits per heavy atom. The van der Waals surface area contributed by atoms with Crippen molar-refractivity contribution in [2.45, 2.75) is 109 Å². The topological polar surface area (TPSA) is 153 Å². The first-order chi connectivity index (χ1) is 40.5. The minimum Gasteiger partial charge on any atom is -0.381 e. The lowest BCUT2D eigenvalue weighted by Gasteiger charge is -2.39. The highest BCUT2D eigenvalue weighted by Crippen LogP contribution is 2.40. The summed E-state index contributed by atoms with van der Waals surface area (Å²) < 4.78 is 9.02. The van der Waals surface area contributed by atoms with E-state index in [0.717, 1.165) is 92.6 Å². The van der Waals surface area contributed by atoms with Crippen LogP contribution >= 0.6 is 34.8 Å². The van der Waals surface area contributed by atoms with Gasteiger partial charge in [0.1, 0.15) is 23.3 Å². The van der Waals surface area contributed by atoms with Crippen molar-refractivity contribution >= 4 is 46.0 Å². The van der Waals surface area contributed by atoms with Crippen LogP contribution in [0.4, 0.5) is 0 Å². The number of nitrogens with zero attached hydrogens (tertiary/aromatic N) is 8. The maximum absolute atomic E-state index is 13.0. The molecule has 0 aliphatic carbocycles. The van der Waals surface area contributed by atoms with Crippen molar-refractivity contribution in [1.29, 1.82) is 0 Å². The van der Waals surface area contributed by atoms with E-state index in [1.165, 1.54) is 54.7 Å². The summed E-state index contributed by atoms with van der Waals surface area (Å²) in [6.07, 6.45) is 8.61. The van der Waals surface area contributed by atoms with Crippen molar-refractivity contribution in [2.24, 2.45) is 0 Å². The van der Waals surface area contributed by atoms with E-state index >= 15 is 0 Å². The molecule has 2 aromatic heterocycles. The van der Waals surface area contributed by atoms with Crippen LogP contribution in [0.15, 0.2) is 170 Å². The van der Waals surface area contributed by atoms with Crippen LogP contribution in [-0.2, 0) is 51.1 Å². The Kier molecular flexibility index (Phi) is 26.3. The number of nitrogens with one attached hydrogen (secondary N) is 3. The summed E-state index contributed by atoms with van der Waals surface area (Å²) in [6.45, 7) is 16.8. The van der Waals surface area contributed by atoms with Gasteiger partial charge in [-0.1, -0.05) is 200 Å². The van der Waals surface area contributed by atoms with E-state index in [0.29, 0.717) is 44.0 Å². The molecule has 3 aliphatic heterocycles. The molecule has 83 heavy (non-hydrogen) atoms. The van der Waals surface area contributed by atoms with Crippen LogP contribution in [0.25, 0.3) is 0 Å². The molecule has 17 heteroatoms. The lowest BCUT2D eigenvalue weighted by Crippen LogP contribution is -2.53. The fourth-order valence-corrected chi connectivity index (χ4v) is 11.2. The molecule has 0 atom stereocenters. The van der Waals surface area contributed by atoms with E-state index in [9.17, 15) is 9.59 Å². The summed E-state index contributed by atoms with van der Waals surface area (Å²) in [5.74, 6) is 2.11. The molecule has 5 heterocycles. The summed E-state index contributed by atoms with van der Waals surface area (Å²) in [7, 11) is 0. The van der Waals surface area contributed by atoms with Crippen molar-refractivity contribution in [3.63, 3.8) is 0 Å². The first-order valence-corrected chi connectivity index (χ1v) is 30.5. The molecule has 0 radical (unpaired) electrons. The molecule has 0 unspecified atom stereocenters. The third-order valence-corrected chi connectivity index (χ3v) is 16.4. The van der Waals surface area contributed by atoms with Crippen LogP contribution in [0.5, 0.6) is 0 Å². The lowest BCUT2D eigenvalue weighted by molar-refractivity contribution is -0.756. The van der Waals surface area contributed by atoms with E-state index in [1.54, 1.807) is 0 Å². The number of halogens is 3. The Labute approximate surface area is 505 Å². The number of aryl methyl sites for hydroxylation is 2. The van der Waals surface area contributed by atoms with E-state index < -0.39 is 0 Å². The van der Waals surface area contributed by atoms with Crippen LogP contribution in [0.3, 0.4) is 0 Å². The van der Waals surface area contributed by atoms with Crippen LogP contribution in [0.1, 0.15) is 117 Å².